The standard InChI is InChI=1S/C28H34N2O4S/c1-5-22-14-15-23(6-2)24(18-22)19-29-28(31)20-30(26-10-8-9-11-27(26)34-7-3)35(32,33)25-16-12-21(4)13-17-25/h8-18H,5-7,19-20H2,1-4H3,(H,29,31). The van der Waals surface area contributed by atoms with Crippen LogP contribution in [0.2, 0.25) is 0 Å². The van der Waals surface area contributed by atoms with Gasteiger partial charge in [0.05, 0.1) is 17.2 Å². The first-order valence-corrected chi connectivity index (χ1v) is 13.4. The second-order valence-electron chi connectivity index (χ2n) is 8.31. The minimum atomic E-state index is -4.02. The van der Waals surface area contributed by atoms with Crippen LogP contribution in [0.3, 0.4) is 0 Å². The number of amides is 1. The number of nitrogens with one attached hydrogen (secondary N) is 1. The van der Waals surface area contributed by atoms with Gasteiger partial charge in [-0.05, 0) is 67.6 Å². The van der Waals surface area contributed by atoms with E-state index in [2.05, 4.69) is 37.4 Å². The lowest BCUT2D eigenvalue weighted by atomic mass is 10.0. The number of para-hydroxylation sites is 2. The summed E-state index contributed by atoms with van der Waals surface area (Å²) >= 11 is 0. The molecule has 3 aromatic rings. The highest BCUT2D eigenvalue weighted by molar-refractivity contribution is 7.92. The lowest BCUT2D eigenvalue weighted by Gasteiger charge is -2.26. The van der Waals surface area contributed by atoms with Gasteiger partial charge in [0, 0.05) is 6.54 Å². The highest BCUT2D eigenvalue weighted by atomic mass is 32.2. The van der Waals surface area contributed by atoms with Crippen molar-refractivity contribution in [1.29, 1.82) is 0 Å². The van der Waals surface area contributed by atoms with Crippen LogP contribution in [0.15, 0.2) is 71.6 Å². The molecule has 3 rings (SSSR count). The molecule has 186 valence electrons. The van der Waals surface area contributed by atoms with Crippen LogP contribution < -0.4 is 14.4 Å². The normalized spacial score (nSPS) is 11.2. The maximum atomic E-state index is 13.7. The Morgan fingerprint density at radius 3 is 2.29 bits per heavy atom. The van der Waals surface area contributed by atoms with E-state index >= 15 is 0 Å². The van der Waals surface area contributed by atoms with Crippen LogP contribution in [-0.4, -0.2) is 27.5 Å². The SMILES string of the molecule is CCOc1ccccc1N(CC(=O)NCc1cc(CC)ccc1CC)S(=O)(=O)c1ccc(C)cc1. The molecule has 0 atom stereocenters. The second kappa shape index (κ2) is 11.9. The predicted octanol–water partition coefficient (Wildman–Crippen LogP) is 5.03. The molecule has 0 heterocycles. The topological polar surface area (TPSA) is 75.7 Å². The van der Waals surface area contributed by atoms with Crippen LogP contribution in [0.4, 0.5) is 5.69 Å². The Morgan fingerprint density at radius 1 is 0.914 bits per heavy atom. The van der Waals surface area contributed by atoms with Gasteiger partial charge in [0.25, 0.3) is 10.0 Å². The summed E-state index contributed by atoms with van der Waals surface area (Å²) in [7, 11) is -4.02. The summed E-state index contributed by atoms with van der Waals surface area (Å²) in [5.74, 6) is 0.0124. The summed E-state index contributed by atoms with van der Waals surface area (Å²) in [6.45, 7) is 8.23. The van der Waals surface area contributed by atoms with Crippen molar-refractivity contribution in [1.82, 2.24) is 5.32 Å². The molecule has 0 radical (unpaired) electrons. The minimum absolute atomic E-state index is 0.117. The summed E-state index contributed by atoms with van der Waals surface area (Å²) in [6.07, 6.45) is 1.76. The van der Waals surface area contributed by atoms with Gasteiger partial charge in [-0.1, -0.05) is 61.9 Å². The first-order valence-electron chi connectivity index (χ1n) is 12.0. The van der Waals surface area contributed by atoms with Gasteiger partial charge in [-0.25, -0.2) is 8.42 Å². The lowest BCUT2D eigenvalue weighted by Crippen LogP contribution is -2.41. The first-order chi connectivity index (χ1) is 16.8. The van der Waals surface area contributed by atoms with E-state index in [9.17, 15) is 13.2 Å². The molecule has 0 aromatic heterocycles. The van der Waals surface area contributed by atoms with E-state index in [0.29, 0.717) is 24.6 Å². The summed E-state index contributed by atoms with van der Waals surface area (Å²) in [4.78, 5) is 13.2. The van der Waals surface area contributed by atoms with Crippen molar-refractivity contribution in [3.05, 3.63) is 89.0 Å². The minimum Gasteiger partial charge on any atom is -0.492 e. The van der Waals surface area contributed by atoms with Crippen LogP contribution in [0.1, 0.15) is 43.0 Å². The molecule has 0 saturated heterocycles. The van der Waals surface area contributed by atoms with Gasteiger partial charge in [0.1, 0.15) is 12.3 Å². The Labute approximate surface area is 209 Å². The zero-order valence-electron chi connectivity index (χ0n) is 20.9. The summed E-state index contributed by atoms with van der Waals surface area (Å²) in [6, 6.07) is 19.8. The van der Waals surface area contributed by atoms with Gasteiger partial charge in [-0.15, -0.1) is 0 Å². The van der Waals surface area contributed by atoms with Crippen molar-refractivity contribution in [3.63, 3.8) is 0 Å². The maximum absolute atomic E-state index is 13.7. The highest BCUT2D eigenvalue weighted by Gasteiger charge is 2.29. The van der Waals surface area contributed by atoms with Gasteiger partial charge in [0.15, 0.2) is 0 Å². The smallest absolute Gasteiger partial charge is 0.264 e. The fraction of sp³-hybridized carbons (Fsp3) is 0.321. The Balaban J connectivity index is 1.92. The molecule has 0 aliphatic heterocycles. The monoisotopic (exact) mass is 494 g/mol. The molecular weight excluding hydrogens is 460 g/mol. The summed E-state index contributed by atoms with van der Waals surface area (Å²) in [5, 5.41) is 2.92. The Bertz CT molecular complexity index is 1250. The summed E-state index contributed by atoms with van der Waals surface area (Å²) in [5.41, 5.74) is 4.67. The van der Waals surface area contributed by atoms with Crippen molar-refractivity contribution in [2.24, 2.45) is 0 Å². The number of hydrogen-bond acceptors (Lipinski definition) is 4. The van der Waals surface area contributed by atoms with Crippen LogP contribution in [0.25, 0.3) is 0 Å². The van der Waals surface area contributed by atoms with Crippen molar-refractivity contribution >= 4 is 21.6 Å². The number of aryl methyl sites for hydroxylation is 3. The van der Waals surface area contributed by atoms with Crippen LogP contribution in [0, 0.1) is 6.92 Å². The van der Waals surface area contributed by atoms with Crippen molar-refractivity contribution < 1.29 is 17.9 Å². The van der Waals surface area contributed by atoms with Gasteiger partial charge >= 0.3 is 0 Å². The Kier molecular flexibility index (Phi) is 8.93. The molecule has 0 unspecified atom stereocenters. The zero-order valence-corrected chi connectivity index (χ0v) is 21.7. The number of sulfonamides is 1. The number of hydrogen-bond donors (Lipinski definition) is 1. The average Bonchev–Trinajstić information content (AvgIpc) is 2.86. The fourth-order valence-corrected chi connectivity index (χ4v) is 5.30. The maximum Gasteiger partial charge on any atom is 0.264 e. The predicted molar refractivity (Wildman–Crippen MR) is 140 cm³/mol. The van der Waals surface area contributed by atoms with Gasteiger partial charge in [-0.2, -0.15) is 0 Å². The number of carbonyl (C=O) groups excluding carboxylic acids is 1. The molecule has 1 N–H and O–H groups in total. The summed E-state index contributed by atoms with van der Waals surface area (Å²) < 4.78 is 34.2. The third-order valence-corrected chi connectivity index (χ3v) is 7.64. The number of carbonyl (C=O) groups is 1. The molecule has 6 nitrogen and oxygen atoms in total. The fourth-order valence-electron chi connectivity index (χ4n) is 3.87. The molecule has 7 heteroatoms. The van der Waals surface area contributed by atoms with Crippen LogP contribution in [0.5, 0.6) is 5.75 Å². The molecule has 0 fully saturated rings. The van der Waals surface area contributed by atoms with E-state index in [0.717, 1.165) is 33.8 Å². The molecule has 0 aliphatic rings. The second-order valence-corrected chi connectivity index (χ2v) is 10.2. The molecule has 0 bridgehead atoms. The van der Waals surface area contributed by atoms with Gasteiger partial charge in [-0.3, -0.25) is 9.10 Å². The van der Waals surface area contributed by atoms with Crippen molar-refractivity contribution in [2.45, 2.75) is 52.0 Å². The number of nitrogens with zero attached hydrogens (tertiary/aromatic N) is 1. The van der Waals surface area contributed by atoms with Crippen LogP contribution >= 0.6 is 0 Å². The van der Waals surface area contributed by atoms with E-state index in [1.54, 1.807) is 48.5 Å². The van der Waals surface area contributed by atoms with Crippen molar-refractivity contribution in [2.75, 3.05) is 17.5 Å². The molecule has 1 amide bonds. The highest BCUT2D eigenvalue weighted by Crippen LogP contribution is 2.32. The Morgan fingerprint density at radius 2 is 1.63 bits per heavy atom. The average molecular weight is 495 g/mol. The molecule has 35 heavy (non-hydrogen) atoms. The molecule has 0 aliphatic carbocycles. The van der Waals surface area contributed by atoms with Gasteiger partial charge < -0.3 is 10.1 Å². The number of anilines is 1. The van der Waals surface area contributed by atoms with E-state index in [-0.39, 0.29) is 11.4 Å². The molecular formula is C28H34N2O4S. The molecule has 0 spiro atoms. The lowest BCUT2D eigenvalue weighted by molar-refractivity contribution is -0.119. The van der Waals surface area contributed by atoms with E-state index < -0.39 is 15.9 Å². The van der Waals surface area contributed by atoms with Crippen molar-refractivity contribution in [3.8, 4) is 5.75 Å². The van der Waals surface area contributed by atoms with Crippen LogP contribution in [-0.2, 0) is 34.2 Å². The largest absolute Gasteiger partial charge is 0.492 e. The van der Waals surface area contributed by atoms with E-state index in [1.165, 1.54) is 5.56 Å². The molecule has 0 saturated carbocycles. The third-order valence-electron chi connectivity index (χ3n) is 5.87. The quantitative estimate of drug-likeness (QED) is 0.406. The zero-order chi connectivity index (χ0) is 25.4. The number of benzene rings is 3. The number of rotatable bonds is 11. The van der Waals surface area contributed by atoms with E-state index in [1.807, 2.05) is 13.8 Å². The molecule has 3 aromatic carbocycles. The first kappa shape index (κ1) is 26.3. The number of ether oxygens (including phenoxy) is 1. The Hall–Kier alpha value is -3.32. The van der Waals surface area contributed by atoms with E-state index in [4.69, 9.17) is 4.74 Å². The third kappa shape index (κ3) is 6.42. The van der Waals surface area contributed by atoms with Gasteiger partial charge in [0.2, 0.25) is 5.91 Å².